The summed E-state index contributed by atoms with van der Waals surface area (Å²) in [6.07, 6.45) is 0. The smallest absolute Gasteiger partial charge is 0.118 e. The van der Waals surface area contributed by atoms with Crippen molar-refractivity contribution < 1.29 is 4.74 Å². The SMILES string of the molecule is COc1ccc(C(Cl)C(C)c2ccccc2)cc1. The van der Waals surface area contributed by atoms with Gasteiger partial charge in [0.05, 0.1) is 12.5 Å². The van der Waals surface area contributed by atoms with Gasteiger partial charge in [-0.3, -0.25) is 0 Å². The first kappa shape index (κ1) is 13.0. The van der Waals surface area contributed by atoms with Crippen LogP contribution in [-0.2, 0) is 0 Å². The molecular formula is C16H17ClO. The molecule has 0 aliphatic rings. The van der Waals surface area contributed by atoms with Crippen LogP contribution in [0.3, 0.4) is 0 Å². The van der Waals surface area contributed by atoms with Crippen LogP contribution in [0.2, 0.25) is 0 Å². The second-order valence-corrected chi connectivity index (χ2v) is 4.84. The Labute approximate surface area is 113 Å². The van der Waals surface area contributed by atoms with Crippen molar-refractivity contribution in [2.45, 2.75) is 18.2 Å². The predicted octanol–water partition coefficient (Wildman–Crippen LogP) is 4.78. The lowest BCUT2D eigenvalue weighted by Crippen LogP contribution is -2.02. The summed E-state index contributed by atoms with van der Waals surface area (Å²) in [5, 5.41) is -0.0293. The summed E-state index contributed by atoms with van der Waals surface area (Å²) in [5.41, 5.74) is 2.38. The number of hydrogen-bond acceptors (Lipinski definition) is 1. The lowest BCUT2D eigenvalue weighted by Gasteiger charge is -2.19. The molecule has 0 spiro atoms. The second kappa shape index (κ2) is 5.92. The molecule has 0 aliphatic carbocycles. The topological polar surface area (TPSA) is 9.23 Å². The van der Waals surface area contributed by atoms with Gasteiger partial charge >= 0.3 is 0 Å². The molecule has 0 fully saturated rings. The van der Waals surface area contributed by atoms with Crippen LogP contribution >= 0.6 is 11.6 Å². The van der Waals surface area contributed by atoms with E-state index in [2.05, 4.69) is 19.1 Å². The Kier molecular flexibility index (Phi) is 4.27. The number of methoxy groups -OCH3 is 1. The summed E-state index contributed by atoms with van der Waals surface area (Å²) in [5.74, 6) is 1.14. The average Bonchev–Trinajstić information content (AvgIpc) is 2.47. The van der Waals surface area contributed by atoms with Crippen molar-refractivity contribution >= 4 is 11.6 Å². The fourth-order valence-electron chi connectivity index (χ4n) is 2.00. The largest absolute Gasteiger partial charge is 0.497 e. The molecular weight excluding hydrogens is 244 g/mol. The van der Waals surface area contributed by atoms with Crippen LogP contribution in [0, 0.1) is 0 Å². The molecule has 0 aromatic heterocycles. The highest BCUT2D eigenvalue weighted by Gasteiger charge is 2.18. The lowest BCUT2D eigenvalue weighted by molar-refractivity contribution is 0.414. The van der Waals surface area contributed by atoms with Gasteiger partial charge in [0.25, 0.3) is 0 Å². The fraction of sp³-hybridized carbons (Fsp3) is 0.250. The van der Waals surface area contributed by atoms with E-state index in [0.29, 0.717) is 0 Å². The molecule has 0 bridgehead atoms. The predicted molar refractivity (Wildman–Crippen MR) is 76.4 cm³/mol. The molecule has 18 heavy (non-hydrogen) atoms. The van der Waals surface area contributed by atoms with E-state index in [9.17, 15) is 0 Å². The molecule has 0 amide bonds. The zero-order chi connectivity index (χ0) is 13.0. The van der Waals surface area contributed by atoms with Crippen molar-refractivity contribution in [2.24, 2.45) is 0 Å². The average molecular weight is 261 g/mol. The monoisotopic (exact) mass is 260 g/mol. The highest BCUT2D eigenvalue weighted by molar-refractivity contribution is 6.21. The van der Waals surface area contributed by atoms with Crippen LogP contribution in [0.1, 0.15) is 29.3 Å². The van der Waals surface area contributed by atoms with E-state index in [4.69, 9.17) is 16.3 Å². The molecule has 0 saturated heterocycles. The maximum atomic E-state index is 6.55. The normalized spacial score (nSPS) is 13.9. The summed E-state index contributed by atoms with van der Waals surface area (Å²) in [6.45, 7) is 2.15. The Bertz CT molecular complexity index is 478. The summed E-state index contributed by atoms with van der Waals surface area (Å²) in [4.78, 5) is 0. The minimum Gasteiger partial charge on any atom is -0.497 e. The van der Waals surface area contributed by atoms with Crippen molar-refractivity contribution in [3.8, 4) is 5.75 Å². The van der Waals surface area contributed by atoms with Crippen LogP contribution in [0.15, 0.2) is 54.6 Å². The Morgan fingerprint density at radius 3 is 2.06 bits per heavy atom. The van der Waals surface area contributed by atoms with Crippen molar-refractivity contribution in [1.29, 1.82) is 0 Å². The van der Waals surface area contributed by atoms with Gasteiger partial charge in [-0.05, 0) is 23.3 Å². The van der Waals surface area contributed by atoms with Gasteiger partial charge in [0.2, 0.25) is 0 Å². The molecule has 0 saturated carbocycles. The fourth-order valence-corrected chi connectivity index (χ4v) is 2.29. The van der Waals surface area contributed by atoms with Crippen LogP contribution < -0.4 is 4.74 Å². The maximum absolute atomic E-state index is 6.55. The Morgan fingerprint density at radius 2 is 1.50 bits per heavy atom. The van der Waals surface area contributed by atoms with E-state index in [-0.39, 0.29) is 11.3 Å². The van der Waals surface area contributed by atoms with Gasteiger partial charge in [-0.15, -0.1) is 11.6 Å². The Morgan fingerprint density at radius 1 is 0.889 bits per heavy atom. The van der Waals surface area contributed by atoms with E-state index >= 15 is 0 Å². The molecule has 2 unspecified atom stereocenters. The Balaban J connectivity index is 2.17. The van der Waals surface area contributed by atoms with Crippen LogP contribution in [0.4, 0.5) is 0 Å². The molecule has 2 aromatic carbocycles. The highest BCUT2D eigenvalue weighted by atomic mass is 35.5. The summed E-state index contributed by atoms with van der Waals surface area (Å²) >= 11 is 6.55. The van der Waals surface area contributed by atoms with Gasteiger partial charge in [-0.25, -0.2) is 0 Å². The van der Waals surface area contributed by atoms with Crippen molar-refractivity contribution in [2.75, 3.05) is 7.11 Å². The van der Waals surface area contributed by atoms with Gasteiger partial charge in [0.1, 0.15) is 5.75 Å². The molecule has 2 heteroatoms. The number of halogens is 1. The number of alkyl halides is 1. The number of rotatable bonds is 4. The van der Waals surface area contributed by atoms with Gasteiger partial charge < -0.3 is 4.74 Å². The molecule has 2 aromatic rings. The van der Waals surface area contributed by atoms with Gasteiger partial charge in [-0.1, -0.05) is 49.4 Å². The Hall–Kier alpha value is -1.47. The molecule has 0 radical (unpaired) electrons. The highest BCUT2D eigenvalue weighted by Crippen LogP contribution is 2.36. The van der Waals surface area contributed by atoms with Crippen molar-refractivity contribution in [1.82, 2.24) is 0 Å². The molecule has 0 heterocycles. The maximum Gasteiger partial charge on any atom is 0.118 e. The number of hydrogen-bond donors (Lipinski definition) is 0. The molecule has 1 nitrogen and oxygen atoms in total. The third-order valence-electron chi connectivity index (χ3n) is 3.20. The van der Waals surface area contributed by atoms with E-state index < -0.39 is 0 Å². The van der Waals surface area contributed by atoms with Gasteiger partial charge in [0, 0.05) is 5.92 Å². The van der Waals surface area contributed by atoms with Crippen molar-refractivity contribution in [3.63, 3.8) is 0 Å². The molecule has 0 aliphatic heterocycles. The van der Waals surface area contributed by atoms with E-state index in [1.54, 1.807) is 7.11 Å². The molecule has 94 valence electrons. The van der Waals surface area contributed by atoms with Gasteiger partial charge in [0.15, 0.2) is 0 Å². The first-order chi connectivity index (χ1) is 8.72. The number of benzene rings is 2. The second-order valence-electron chi connectivity index (χ2n) is 4.37. The third-order valence-corrected chi connectivity index (χ3v) is 3.83. The van der Waals surface area contributed by atoms with E-state index in [0.717, 1.165) is 11.3 Å². The first-order valence-corrected chi connectivity index (χ1v) is 6.49. The van der Waals surface area contributed by atoms with E-state index in [1.165, 1.54) is 5.56 Å². The quantitative estimate of drug-likeness (QED) is 0.719. The molecule has 0 N–H and O–H groups in total. The van der Waals surface area contributed by atoms with Crippen LogP contribution in [0.25, 0.3) is 0 Å². The van der Waals surface area contributed by atoms with Crippen molar-refractivity contribution in [3.05, 3.63) is 65.7 Å². The molecule has 2 rings (SSSR count). The van der Waals surface area contributed by atoms with Crippen LogP contribution in [0.5, 0.6) is 5.75 Å². The van der Waals surface area contributed by atoms with Crippen LogP contribution in [-0.4, -0.2) is 7.11 Å². The van der Waals surface area contributed by atoms with E-state index in [1.807, 2.05) is 42.5 Å². The zero-order valence-corrected chi connectivity index (χ0v) is 11.4. The first-order valence-electron chi connectivity index (χ1n) is 6.05. The minimum atomic E-state index is -0.0293. The third kappa shape index (κ3) is 2.85. The summed E-state index contributed by atoms with van der Waals surface area (Å²) in [6, 6.07) is 18.3. The minimum absolute atomic E-state index is 0.0293. The zero-order valence-electron chi connectivity index (χ0n) is 10.6. The summed E-state index contributed by atoms with van der Waals surface area (Å²) < 4.78 is 5.15. The van der Waals surface area contributed by atoms with Gasteiger partial charge in [-0.2, -0.15) is 0 Å². The lowest BCUT2D eigenvalue weighted by atomic mass is 9.93. The standard InChI is InChI=1S/C16H17ClO/c1-12(13-6-4-3-5-7-13)16(17)14-8-10-15(18-2)11-9-14/h3-12,16H,1-2H3. The molecule has 2 atom stereocenters. The summed E-state index contributed by atoms with van der Waals surface area (Å²) in [7, 11) is 1.67. The number of ether oxygens (including phenoxy) is 1.